The van der Waals surface area contributed by atoms with Crippen LogP contribution in [-0.2, 0) is 17.8 Å². The maximum atomic E-state index is 12.2. The third-order valence-corrected chi connectivity index (χ3v) is 3.80. The fourth-order valence-electron chi connectivity index (χ4n) is 2.46. The van der Waals surface area contributed by atoms with Crippen molar-refractivity contribution in [1.29, 1.82) is 0 Å². The Bertz CT molecular complexity index is 426. The van der Waals surface area contributed by atoms with Crippen LogP contribution in [-0.4, -0.2) is 48.9 Å². The Morgan fingerprint density at radius 1 is 1.10 bits per heavy atom. The first-order valence-electron chi connectivity index (χ1n) is 7.94. The molecule has 1 fully saturated rings. The molecule has 1 heterocycles. The van der Waals surface area contributed by atoms with Gasteiger partial charge in [-0.3, -0.25) is 4.79 Å². The molecule has 21 heavy (non-hydrogen) atoms. The molecule has 2 rings (SSSR count). The first-order chi connectivity index (χ1) is 10.2. The minimum atomic E-state index is 0.264. The summed E-state index contributed by atoms with van der Waals surface area (Å²) in [5.74, 6) is 0.264. The summed E-state index contributed by atoms with van der Waals surface area (Å²) in [5.41, 5.74) is 8.06. The van der Waals surface area contributed by atoms with Gasteiger partial charge in [-0.15, -0.1) is 0 Å². The highest BCUT2D eigenvalue weighted by Gasteiger charge is 2.18. The van der Waals surface area contributed by atoms with E-state index in [0.29, 0.717) is 13.0 Å². The number of nitrogens with zero attached hydrogens (tertiary/aromatic N) is 2. The van der Waals surface area contributed by atoms with Crippen molar-refractivity contribution in [2.24, 2.45) is 5.73 Å². The molecule has 0 bridgehead atoms. The van der Waals surface area contributed by atoms with Crippen molar-refractivity contribution in [3.63, 3.8) is 0 Å². The third kappa shape index (κ3) is 5.48. The second-order valence-electron chi connectivity index (χ2n) is 5.16. The van der Waals surface area contributed by atoms with Crippen molar-refractivity contribution in [2.45, 2.75) is 33.2 Å². The molecular weight excluding hydrogens is 262 g/mol. The molecule has 0 atom stereocenters. The maximum Gasteiger partial charge on any atom is 0.222 e. The molecule has 1 aromatic rings. The van der Waals surface area contributed by atoms with E-state index in [4.69, 9.17) is 5.73 Å². The smallest absolute Gasteiger partial charge is 0.222 e. The molecule has 0 radical (unpaired) electrons. The van der Waals surface area contributed by atoms with E-state index >= 15 is 0 Å². The standard InChI is InChI=1S/C15H23N3O.C2H6/c1-17-8-10-18(11-9-17)15(19)7-6-13-4-2-3-5-14(13)12-16;1-2/h2-5H,6-12,16H2,1H3;1-2H3. The zero-order chi connectivity index (χ0) is 15.7. The van der Waals surface area contributed by atoms with E-state index in [2.05, 4.69) is 18.0 Å². The molecule has 118 valence electrons. The summed E-state index contributed by atoms with van der Waals surface area (Å²) < 4.78 is 0. The van der Waals surface area contributed by atoms with Crippen molar-refractivity contribution >= 4 is 5.91 Å². The monoisotopic (exact) mass is 291 g/mol. The molecule has 0 aliphatic carbocycles. The van der Waals surface area contributed by atoms with E-state index in [0.717, 1.165) is 38.2 Å². The summed E-state index contributed by atoms with van der Waals surface area (Å²) in [7, 11) is 2.10. The summed E-state index contributed by atoms with van der Waals surface area (Å²) in [6.45, 7) is 8.21. The highest BCUT2D eigenvalue weighted by Crippen LogP contribution is 2.12. The number of rotatable bonds is 4. The van der Waals surface area contributed by atoms with Crippen molar-refractivity contribution in [3.8, 4) is 0 Å². The predicted molar refractivity (Wildman–Crippen MR) is 88.1 cm³/mol. The minimum absolute atomic E-state index is 0.264. The number of benzene rings is 1. The van der Waals surface area contributed by atoms with Gasteiger partial charge in [0.2, 0.25) is 5.91 Å². The molecule has 1 aliphatic rings. The summed E-state index contributed by atoms with van der Waals surface area (Å²) in [5, 5.41) is 0. The van der Waals surface area contributed by atoms with Crippen molar-refractivity contribution in [3.05, 3.63) is 35.4 Å². The third-order valence-electron chi connectivity index (χ3n) is 3.80. The van der Waals surface area contributed by atoms with Gasteiger partial charge >= 0.3 is 0 Å². The van der Waals surface area contributed by atoms with E-state index in [1.807, 2.05) is 36.9 Å². The fraction of sp³-hybridized carbons (Fsp3) is 0.588. The molecule has 0 aromatic heterocycles. The lowest BCUT2D eigenvalue weighted by molar-refractivity contribution is -0.132. The lowest BCUT2D eigenvalue weighted by Gasteiger charge is -2.32. The number of amides is 1. The molecule has 4 heteroatoms. The van der Waals surface area contributed by atoms with Crippen LogP contribution in [0, 0.1) is 0 Å². The zero-order valence-corrected chi connectivity index (χ0v) is 13.6. The molecule has 2 N–H and O–H groups in total. The fourth-order valence-corrected chi connectivity index (χ4v) is 2.46. The largest absolute Gasteiger partial charge is 0.340 e. The number of likely N-dealkylation sites (N-methyl/N-ethyl adjacent to an activating group) is 1. The van der Waals surface area contributed by atoms with Crippen LogP contribution in [0.1, 0.15) is 31.4 Å². The second-order valence-corrected chi connectivity index (χ2v) is 5.16. The number of carbonyl (C=O) groups excluding carboxylic acids is 1. The summed E-state index contributed by atoms with van der Waals surface area (Å²) in [4.78, 5) is 16.4. The lowest BCUT2D eigenvalue weighted by Crippen LogP contribution is -2.47. The average Bonchev–Trinajstić information content (AvgIpc) is 2.55. The van der Waals surface area contributed by atoms with Gasteiger partial charge in [0.1, 0.15) is 0 Å². The van der Waals surface area contributed by atoms with E-state index in [1.165, 1.54) is 5.56 Å². The Morgan fingerprint density at radius 3 is 2.24 bits per heavy atom. The number of aryl methyl sites for hydroxylation is 1. The lowest BCUT2D eigenvalue weighted by atomic mass is 10.0. The van der Waals surface area contributed by atoms with Gasteiger partial charge in [0.15, 0.2) is 0 Å². The van der Waals surface area contributed by atoms with Crippen LogP contribution in [0.3, 0.4) is 0 Å². The zero-order valence-electron chi connectivity index (χ0n) is 13.6. The number of carbonyl (C=O) groups is 1. The van der Waals surface area contributed by atoms with Crippen LogP contribution in [0.5, 0.6) is 0 Å². The van der Waals surface area contributed by atoms with E-state index in [1.54, 1.807) is 0 Å². The normalized spacial score (nSPS) is 15.3. The van der Waals surface area contributed by atoms with Gasteiger partial charge < -0.3 is 15.5 Å². The summed E-state index contributed by atoms with van der Waals surface area (Å²) in [6.07, 6.45) is 1.37. The highest BCUT2D eigenvalue weighted by atomic mass is 16.2. The van der Waals surface area contributed by atoms with Crippen molar-refractivity contribution in [1.82, 2.24) is 9.80 Å². The molecule has 4 nitrogen and oxygen atoms in total. The molecule has 0 spiro atoms. The Kier molecular flexibility index (Phi) is 8.01. The molecule has 1 amide bonds. The van der Waals surface area contributed by atoms with Crippen LogP contribution >= 0.6 is 0 Å². The topological polar surface area (TPSA) is 49.6 Å². The van der Waals surface area contributed by atoms with Gasteiger partial charge in [-0.1, -0.05) is 38.1 Å². The average molecular weight is 291 g/mol. The van der Waals surface area contributed by atoms with Gasteiger partial charge in [-0.2, -0.15) is 0 Å². The molecule has 0 unspecified atom stereocenters. The van der Waals surface area contributed by atoms with Crippen LogP contribution < -0.4 is 5.73 Å². The van der Waals surface area contributed by atoms with Gasteiger partial charge in [-0.05, 0) is 24.6 Å². The van der Waals surface area contributed by atoms with Crippen LogP contribution in [0.4, 0.5) is 0 Å². The predicted octanol–water partition coefficient (Wildman–Crippen LogP) is 1.88. The number of nitrogens with two attached hydrogens (primary N) is 1. The maximum absolute atomic E-state index is 12.2. The summed E-state index contributed by atoms with van der Waals surface area (Å²) >= 11 is 0. The van der Waals surface area contributed by atoms with Crippen LogP contribution in [0.15, 0.2) is 24.3 Å². The van der Waals surface area contributed by atoms with Gasteiger partial charge in [-0.25, -0.2) is 0 Å². The Hall–Kier alpha value is -1.39. The Morgan fingerprint density at radius 2 is 1.67 bits per heavy atom. The second kappa shape index (κ2) is 9.53. The molecular formula is C17H29N3O. The quantitative estimate of drug-likeness (QED) is 0.921. The first-order valence-corrected chi connectivity index (χ1v) is 7.94. The molecule has 1 aromatic carbocycles. The number of hydrogen-bond acceptors (Lipinski definition) is 3. The Labute approximate surface area is 128 Å². The van der Waals surface area contributed by atoms with Crippen molar-refractivity contribution < 1.29 is 4.79 Å². The SMILES string of the molecule is CC.CN1CCN(C(=O)CCc2ccccc2CN)CC1. The van der Waals surface area contributed by atoms with E-state index in [9.17, 15) is 4.79 Å². The minimum Gasteiger partial charge on any atom is -0.340 e. The van der Waals surface area contributed by atoms with Gasteiger partial charge in [0.05, 0.1) is 0 Å². The summed E-state index contributed by atoms with van der Waals surface area (Å²) in [6, 6.07) is 8.11. The van der Waals surface area contributed by atoms with Gasteiger partial charge in [0.25, 0.3) is 0 Å². The first kappa shape index (κ1) is 17.7. The Balaban J connectivity index is 0.00000106. The number of piperazine rings is 1. The molecule has 1 saturated heterocycles. The van der Waals surface area contributed by atoms with Crippen molar-refractivity contribution in [2.75, 3.05) is 33.2 Å². The molecule has 0 saturated carbocycles. The van der Waals surface area contributed by atoms with E-state index in [-0.39, 0.29) is 5.91 Å². The van der Waals surface area contributed by atoms with Crippen LogP contribution in [0.2, 0.25) is 0 Å². The van der Waals surface area contributed by atoms with E-state index < -0.39 is 0 Å². The van der Waals surface area contributed by atoms with Crippen LogP contribution in [0.25, 0.3) is 0 Å². The number of hydrogen-bond donors (Lipinski definition) is 1. The highest BCUT2D eigenvalue weighted by molar-refractivity contribution is 5.76. The van der Waals surface area contributed by atoms with Gasteiger partial charge in [0, 0.05) is 39.1 Å². The molecule has 1 aliphatic heterocycles.